The Labute approximate surface area is 89.0 Å². The molecule has 3 heteroatoms. The van der Waals surface area contributed by atoms with Gasteiger partial charge in [-0.3, -0.25) is 0 Å². The monoisotopic (exact) mass is 206 g/mol. The van der Waals surface area contributed by atoms with E-state index in [1.54, 1.807) is 24.3 Å². The van der Waals surface area contributed by atoms with Crippen molar-refractivity contribution in [2.24, 2.45) is 0 Å². The lowest BCUT2D eigenvalue weighted by Gasteiger charge is -2.08. The molecule has 0 unspecified atom stereocenters. The topological polar surface area (TPSA) is 46.5 Å². The van der Waals surface area contributed by atoms with Gasteiger partial charge in [-0.1, -0.05) is 12.1 Å². The molecule has 0 aliphatic heterocycles. The predicted octanol–water partition coefficient (Wildman–Crippen LogP) is 2.65. The van der Waals surface area contributed by atoms with Crippen molar-refractivity contribution < 1.29 is 14.6 Å². The highest BCUT2D eigenvalue weighted by molar-refractivity contribution is 5.90. The summed E-state index contributed by atoms with van der Waals surface area (Å²) in [5, 5.41) is 8.91. The largest absolute Gasteiger partial charge is 0.492 e. The highest BCUT2D eigenvalue weighted by Crippen LogP contribution is 2.20. The van der Waals surface area contributed by atoms with Gasteiger partial charge in [-0.05, 0) is 31.0 Å². The van der Waals surface area contributed by atoms with E-state index in [1.807, 2.05) is 6.92 Å². The summed E-state index contributed by atoms with van der Waals surface area (Å²) in [6, 6.07) is 5.04. The molecule has 0 atom stereocenters. The highest BCUT2D eigenvalue weighted by Gasteiger charge is 2.10. The molecule has 0 aliphatic carbocycles. The van der Waals surface area contributed by atoms with Gasteiger partial charge in [0.15, 0.2) is 0 Å². The van der Waals surface area contributed by atoms with Crippen molar-refractivity contribution in [2.75, 3.05) is 6.61 Å². The molecule has 0 radical (unpaired) electrons. The summed E-state index contributed by atoms with van der Waals surface area (Å²) in [5.74, 6) is -0.548. The Morgan fingerprint density at radius 1 is 1.60 bits per heavy atom. The van der Waals surface area contributed by atoms with E-state index < -0.39 is 5.97 Å². The van der Waals surface area contributed by atoms with Gasteiger partial charge in [-0.2, -0.15) is 0 Å². The van der Waals surface area contributed by atoms with Crippen molar-refractivity contribution in [3.8, 4) is 5.75 Å². The fourth-order valence-corrected chi connectivity index (χ4v) is 1.18. The molecule has 0 heterocycles. The van der Waals surface area contributed by atoms with Crippen LogP contribution in [0.4, 0.5) is 0 Å². The molecule has 0 aliphatic rings. The summed E-state index contributed by atoms with van der Waals surface area (Å²) in [6.07, 6.45) is 2.43. The van der Waals surface area contributed by atoms with E-state index in [1.165, 1.54) is 0 Å². The third-order valence-corrected chi connectivity index (χ3v) is 1.95. The van der Waals surface area contributed by atoms with Crippen molar-refractivity contribution in [3.05, 3.63) is 42.0 Å². The first-order valence-electron chi connectivity index (χ1n) is 4.73. The van der Waals surface area contributed by atoms with Gasteiger partial charge in [-0.15, -0.1) is 6.58 Å². The minimum atomic E-state index is -0.969. The summed E-state index contributed by atoms with van der Waals surface area (Å²) >= 11 is 0. The van der Waals surface area contributed by atoms with Gasteiger partial charge in [0.25, 0.3) is 0 Å². The van der Waals surface area contributed by atoms with Gasteiger partial charge in [0.2, 0.25) is 0 Å². The minimum Gasteiger partial charge on any atom is -0.492 e. The minimum absolute atomic E-state index is 0.199. The average molecular weight is 206 g/mol. The lowest BCUT2D eigenvalue weighted by Crippen LogP contribution is -2.04. The second-order valence-corrected chi connectivity index (χ2v) is 3.23. The number of benzene rings is 1. The van der Waals surface area contributed by atoms with Crippen LogP contribution in [0.25, 0.3) is 0 Å². The van der Waals surface area contributed by atoms with E-state index in [9.17, 15) is 4.79 Å². The Bertz CT molecular complexity index is 369. The molecule has 0 saturated carbocycles. The zero-order chi connectivity index (χ0) is 11.3. The number of rotatable bonds is 5. The van der Waals surface area contributed by atoms with Crippen LogP contribution in [0.5, 0.6) is 5.75 Å². The molecule has 1 aromatic carbocycles. The zero-order valence-corrected chi connectivity index (χ0v) is 8.69. The number of hydrogen-bond acceptors (Lipinski definition) is 2. The average Bonchev–Trinajstić information content (AvgIpc) is 2.18. The summed E-state index contributed by atoms with van der Waals surface area (Å²) in [5.41, 5.74) is 1.18. The van der Waals surface area contributed by atoms with E-state index in [-0.39, 0.29) is 5.56 Å². The molecule has 0 amide bonds. The SMILES string of the molecule is C=CCCOc1cc(C)ccc1C(=O)O. The normalized spacial score (nSPS) is 9.67. The molecular formula is C12H14O3. The maximum absolute atomic E-state index is 10.9. The van der Waals surface area contributed by atoms with Crippen LogP contribution in [-0.2, 0) is 0 Å². The van der Waals surface area contributed by atoms with Gasteiger partial charge in [0, 0.05) is 0 Å². The number of aromatic carboxylic acids is 1. The van der Waals surface area contributed by atoms with Crippen LogP contribution in [-0.4, -0.2) is 17.7 Å². The first kappa shape index (κ1) is 11.3. The van der Waals surface area contributed by atoms with Crippen LogP contribution in [0.1, 0.15) is 22.3 Å². The first-order chi connectivity index (χ1) is 7.15. The third kappa shape index (κ3) is 3.13. The molecule has 1 rings (SSSR count). The van der Waals surface area contributed by atoms with Gasteiger partial charge in [-0.25, -0.2) is 4.79 Å². The Morgan fingerprint density at radius 2 is 2.33 bits per heavy atom. The summed E-state index contributed by atoms with van der Waals surface area (Å²) in [4.78, 5) is 10.9. The van der Waals surface area contributed by atoms with E-state index in [4.69, 9.17) is 9.84 Å². The lowest BCUT2D eigenvalue weighted by atomic mass is 10.1. The van der Waals surface area contributed by atoms with Crippen LogP contribution in [0.2, 0.25) is 0 Å². The molecule has 0 aromatic heterocycles. The van der Waals surface area contributed by atoms with E-state index in [2.05, 4.69) is 6.58 Å². The third-order valence-electron chi connectivity index (χ3n) is 1.95. The quantitative estimate of drug-likeness (QED) is 0.595. The smallest absolute Gasteiger partial charge is 0.339 e. The summed E-state index contributed by atoms with van der Waals surface area (Å²) in [6.45, 7) is 5.92. The van der Waals surface area contributed by atoms with Crippen molar-refractivity contribution in [2.45, 2.75) is 13.3 Å². The molecule has 15 heavy (non-hydrogen) atoms. The standard InChI is InChI=1S/C12H14O3/c1-3-4-7-15-11-8-9(2)5-6-10(11)12(13)14/h3,5-6,8H,1,4,7H2,2H3,(H,13,14). The predicted molar refractivity (Wildman–Crippen MR) is 58.4 cm³/mol. The number of aryl methyl sites for hydroxylation is 1. The molecular weight excluding hydrogens is 192 g/mol. The number of carbonyl (C=O) groups is 1. The molecule has 1 aromatic rings. The van der Waals surface area contributed by atoms with Crippen molar-refractivity contribution in [1.82, 2.24) is 0 Å². The van der Waals surface area contributed by atoms with Gasteiger partial charge >= 0.3 is 5.97 Å². The molecule has 0 saturated heterocycles. The fraction of sp³-hybridized carbons (Fsp3) is 0.250. The number of carboxylic acid groups (broad SMARTS) is 1. The molecule has 1 N–H and O–H groups in total. The van der Waals surface area contributed by atoms with Crippen molar-refractivity contribution >= 4 is 5.97 Å². The Morgan fingerprint density at radius 3 is 2.93 bits per heavy atom. The molecule has 0 bridgehead atoms. The maximum atomic E-state index is 10.9. The highest BCUT2D eigenvalue weighted by atomic mass is 16.5. The van der Waals surface area contributed by atoms with Crippen molar-refractivity contribution in [1.29, 1.82) is 0 Å². The second kappa shape index (κ2) is 5.20. The summed E-state index contributed by atoms with van der Waals surface area (Å²) < 4.78 is 5.37. The van der Waals surface area contributed by atoms with Crippen molar-refractivity contribution in [3.63, 3.8) is 0 Å². The Kier molecular flexibility index (Phi) is 3.92. The van der Waals surface area contributed by atoms with E-state index in [0.29, 0.717) is 18.8 Å². The Balaban J connectivity index is 2.86. The van der Waals surface area contributed by atoms with Crippen LogP contribution >= 0.6 is 0 Å². The fourth-order valence-electron chi connectivity index (χ4n) is 1.18. The molecule has 3 nitrogen and oxygen atoms in total. The van der Waals surface area contributed by atoms with Gasteiger partial charge < -0.3 is 9.84 Å². The number of ether oxygens (including phenoxy) is 1. The lowest BCUT2D eigenvalue weighted by molar-refractivity contribution is 0.0692. The second-order valence-electron chi connectivity index (χ2n) is 3.23. The van der Waals surface area contributed by atoms with E-state index >= 15 is 0 Å². The van der Waals surface area contributed by atoms with Crippen LogP contribution < -0.4 is 4.74 Å². The first-order valence-corrected chi connectivity index (χ1v) is 4.73. The van der Waals surface area contributed by atoms with Crippen LogP contribution in [0.3, 0.4) is 0 Å². The number of hydrogen-bond donors (Lipinski definition) is 1. The molecule has 0 fully saturated rings. The van der Waals surface area contributed by atoms with E-state index in [0.717, 1.165) is 5.56 Å². The zero-order valence-electron chi connectivity index (χ0n) is 8.69. The molecule has 80 valence electrons. The Hall–Kier alpha value is -1.77. The van der Waals surface area contributed by atoms with Crippen LogP contribution in [0, 0.1) is 6.92 Å². The molecule has 0 spiro atoms. The van der Waals surface area contributed by atoms with Crippen LogP contribution in [0.15, 0.2) is 30.9 Å². The van der Waals surface area contributed by atoms with Gasteiger partial charge in [0.1, 0.15) is 11.3 Å². The summed E-state index contributed by atoms with van der Waals surface area (Å²) in [7, 11) is 0. The number of carboxylic acids is 1. The maximum Gasteiger partial charge on any atom is 0.339 e. The van der Waals surface area contributed by atoms with Gasteiger partial charge in [0.05, 0.1) is 6.61 Å².